The number of hydrogen-bond acceptors (Lipinski definition) is 6. The highest BCUT2D eigenvalue weighted by molar-refractivity contribution is 6.40. The summed E-state index contributed by atoms with van der Waals surface area (Å²) in [5.74, 6) is -0.250. The number of halogens is 2. The highest BCUT2D eigenvalue weighted by Crippen LogP contribution is 2.47. The molecule has 0 bridgehead atoms. The fraction of sp³-hybridized carbons (Fsp3) is 0.273. The Balaban J connectivity index is 2.21. The van der Waals surface area contributed by atoms with Gasteiger partial charge in [-0.25, -0.2) is 9.59 Å². The second-order valence-electron chi connectivity index (χ2n) is 6.17. The third kappa shape index (κ3) is 4.55. The van der Waals surface area contributed by atoms with Gasteiger partial charge in [0.1, 0.15) is 11.5 Å². The Morgan fingerprint density at radius 3 is 1.50 bits per heavy atom. The SMILES string of the molecule is CCOC(=O)COc1c2cccc(Cl)c2c(OCC(=O)OCC)c2cccc(Cl)c12. The molecule has 30 heavy (non-hydrogen) atoms. The van der Waals surface area contributed by atoms with E-state index in [1.807, 2.05) is 0 Å². The Hall–Kier alpha value is -2.70. The third-order valence-corrected chi connectivity index (χ3v) is 4.88. The molecular formula is C22H20Cl2O6. The number of benzene rings is 3. The summed E-state index contributed by atoms with van der Waals surface area (Å²) < 4.78 is 21.6. The first kappa shape index (κ1) is 22.0. The van der Waals surface area contributed by atoms with Crippen molar-refractivity contribution in [1.82, 2.24) is 0 Å². The molecule has 0 atom stereocenters. The Bertz CT molecular complexity index is 1010. The van der Waals surface area contributed by atoms with E-state index in [-0.39, 0.29) is 26.4 Å². The summed E-state index contributed by atoms with van der Waals surface area (Å²) in [5, 5.41) is 3.05. The molecule has 0 aliphatic heterocycles. The number of ether oxygens (including phenoxy) is 4. The molecule has 0 aliphatic rings. The van der Waals surface area contributed by atoms with Crippen LogP contribution in [0.2, 0.25) is 10.0 Å². The molecule has 3 rings (SSSR count). The van der Waals surface area contributed by atoms with Gasteiger partial charge >= 0.3 is 11.9 Å². The van der Waals surface area contributed by atoms with Crippen molar-refractivity contribution in [1.29, 1.82) is 0 Å². The van der Waals surface area contributed by atoms with Crippen molar-refractivity contribution < 1.29 is 28.5 Å². The lowest BCUT2D eigenvalue weighted by atomic mass is 10.0. The standard InChI is InChI=1S/C22H20Cl2O6/c1-3-27-17(25)11-29-21-13-7-5-10-16(24)20(13)22(30-12-18(26)28-4-2)14-8-6-9-15(23)19(14)21/h5-10H,3-4,11-12H2,1-2H3. The van der Waals surface area contributed by atoms with E-state index < -0.39 is 11.9 Å². The van der Waals surface area contributed by atoms with Crippen LogP contribution < -0.4 is 9.47 Å². The number of hydrogen-bond donors (Lipinski definition) is 0. The second kappa shape index (κ2) is 9.87. The lowest BCUT2D eigenvalue weighted by Crippen LogP contribution is -2.16. The van der Waals surface area contributed by atoms with E-state index in [9.17, 15) is 9.59 Å². The summed E-state index contributed by atoms with van der Waals surface area (Å²) in [7, 11) is 0. The second-order valence-corrected chi connectivity index (χ2v) is 6.98. The van der Waals surface area contributed by atoms with Crippen LogP contribution in [0.15, 0.2) is 36.4 Å². The van der Waals surface area contributed by atoms with Crippen molar-refractivity contribution in [2.24, 2.45) is 0 Å². The molecule has 0 spiro atoms. The van der Waals surface area contributed by atoms with Gasteiger partial charge < -0.3 is 18.9 Å². The molecule has 0 radical (unpaired) electrons. The van der Waals surface area contributed by atoms with Crippen LogP contribution >= 0.6 is 23.2 Å². The Morgan fingerprint density at radius 1 is 0.733 bits per heavy atom. The Kier molecular flexibility index (Phi) is 7.24. The van der Waals surface area contributed by atoms with Gasteiger partial charge in [-0.3, -0.25) is 0 Å². The van der Waals surface area contributed by atoms with Gasteiger partial charge in [-0.15, -0.1) is 0 Å². The number of rotatable bonds is 8. The van der Waals surface area contributed by atoms with Crippen molar-refractivity contribution in [3.63, 3.8) is 0 Å². The molecule has 3 aromatic rings. The zero-order valence-corrected chi connectivity index (χ0v) is 18.0. The molecule has 0 saturated carbocycles. The molecule has 0 N–H and O–H groups in total. The van der Waals surface area contributed by atoms with Gasteiger partial charge in [-0.1, -0.05) is 47.5 Å². The Labute approximate surface area is 183 Å². The van der Waals surface area contributed by atoms with Crippen molar-refractivity contribution >= 4 is 56.7 Å². The molecule has 0 aromatic heterocycles. The fourth-order valence-corrected chi connectivity index (χ4v) is 3.65. The molecule has 6 nitrogen and oxygen atoms in total. The molecular weight excluding hydrogens is 431 g/mol. The van der Waals surface area contributed by atoms with Crippen LogP contribution in [-0.2, 0) is 19.1 Å². The van der Waals surface area contributed by atoms with E-state index in [0.717, 1.165) is 0 Å². The zero-order chi connectivity index (χ0) is 21.7. The quantitative estimate of drug-likeness (QED) is 0.347. The first-order valence-electron chi connectivity index (χ1n) is 9.37. The molecule has 0 amide bonds. The minimum Gasteiger partial charge on any atom is -0.481 e. The van der Waals surface area contributed by atoms with Crippen LogP contribution in [0.1, 0.15) is 13.8 Å². The Morgan fingerprint density at radius 2 is 1.13 bits per heavy atom. The first-order chi connectivity index (χ1) is 14.5. The van der Waals surface area contributed by atoms with Gasteiger partial charge in [0.05, 0.1) is 23.3 Å². The maximum absolute atomic E-state index is 11.9. The van der Waals surface area contributed by atoms with Crippen LogP contribution in [0.5, 0.6) is 11.5 Å². The minimum absolute atomic E-state index is 0.247. The van der Waals surface area contributed by atoms with Crippen molar-refractivity contribution in [2.75, 3.05) is 26.4 Å². The summed E-state index contributed by atoms with van der Waals surface area (Å²) in [6.07, 6.45) is 0. The van der Waals surface area contributed by atoms with E-state index in [4.69, 9.17) is 42.1 Å². The zero-order valence-electron chi connectivity index (χ0n) is 16.5. The normalized spacial score (nSPS) is 10.8. The van der Waals surface area contributed by atoms with Gasteiger partial charge in [0.25, 0.3) is 0 Å². The molecule has 158 valence electrons. The third-order valence-electron chi connectivity index (χ3n) is 4.25. The first-order valence-corrected chi connectivity index (χ1v) is 10.1. The summed E-state index contributed by atoms with van der Waals surface area (Å²) in [5.41, 5.74) is 0. The number of fused-ring (bicyclic) bond motifs is 2. The van der Waals surface area contributed by atoms with Crippen LogP contribution in [0.4, 0.5) is 0 Å². The molecule has 3 aromatic carbocycles. The van der Waals surface area contributed by atoms with Gasteiger partial charge in [-0.2, -0.15) is 0 Å². The van der Waals surface area contributed by atoms with E-state index in [1.54, 1.807) is 50.2 Å². The highest BCUT2D eigenvalue weighted by Gasteiger charge is 2.21. The van der Waals surface area contributed by atoms with Gasteiger partial charge in [0.15, 0.2) is 13.2 Å². The van der Waals surface area contributed by atoms with E-state index >= 15 is 0 Å². The van der Waals surface area contributed by atoms with Crippen LogP contribution in [0.3, 0.4) is 0 Å². The lowest BCUT2D eigenvalue weighted by Gasteiger charge is -2.18. The molecule has 0 aliphatic carbocycles. The van der Waals surface area contributed by atoms with Crippen molar-refractivity contribution in [2.45, 2.75) is 13.8 Å². The molecule has 0 saturated heterocycles. The number of carbonyl (C=O) groups is 2. The molecule has 0 heterocycles. The van der Waals surface area contributed by atoms with Crippen LogP contribution in [-0.4, -0.2) is 38.4 Å². The minimum atomic E-state index is -0.504. The summed E-state index contributed by atoms with van der Waals surface area (Å²) in [6.45, 7) is 3.34. The molecule has 0 fully saturated rings. The highest BCUT2D eigenvalue weighted by atomic mass is 35.5. The van der Waals surface area contributed by atoms with E-state index in [2.05, 4.69) is 0 Å². The maximum atomic E-state index is 11.9. The lowest BCUT2D eigenvalue weighted by molar-refractivity contribution is -0.146. The van der Waals surface area contributed by atoms with Gasteiger partial charge in [0, 0.05) is 21.5 Å². The van der Waals surface area contributed by atoms with Gasteiger partial charge in [-0.05, 0) is 26.0 Å². The van der Waals surface area contributed by atoms with Crippen molar-refractivity contribution in [3.05, 3.63) is 46.4 Å². The topological polar surface area (TPSA) is 71.1 Å². The van der Waals surface area contributed by atoms with Crippen LogP contribution in [0.25, 0.3) is 21.5 Å². The monoisotopic (exact) mass is 450 g/mol. The van der Waals surface area contributed by atoms with Gasteiger partial charge in [0.2, 0.25) is 0 Å². The number of esters is 2. The predicted octanol–water partition coefficient (Wildman–Crippen LogP) is 5.18. The molecule has 0 unspecified atom stereocenters. The summed E-state index contributed by atoms with van der Waals surface area (Å²) in [6, 6.07) is 10.5. The van der Waals surface area contributed by atoms with Crippen molar-refractivity contribution in [3.8, 4) is 11.5 Å². The maximum Gasteiger partial charge on any atom is 0.344 e. The van der Waals surface area contributed by atoms with E-state index in [1.165, 1.54) is 0 Å². The van der Waals surface area contributed by atoms with Crippen LogP contribution in [0, 0.1) is 0 Å². The summed E-state index contributed by atoms with van der Waals surface area (Å²) in [4.78, 5) is 23.7. The average molecular weight is 451 g/mol. The average Bonchev–Trinajstić information content (AvgIpc) is 2.71. The molecule has 8 heteroatoms. The fourth-order valence-electron chi connectivity index (χ4n) is 3.12. The van der Waals surface area contributed by atoms with E-state index in [0.29, 0.717) is 43.1 Å². The largest absolute Gasteiger partial charge is 0.481 e. The smallest absolute Gasteiger partial charge is 0.344 e. The number of carbonyl (C=O) groups excluding carboxylic acids is 2. The summed E-state index contributed by atoms with van der Waals surface area (Å²) >= 11 is 13.0. The predicted molar refractivity (Wildman–Crippen MR) is 116 cm³/mol.